The Bertz CT molecular complexity index is 668. The molecule has 3 aromatic heterocycles. The number of nitrogens with zero attached hydrogens (tertiary/aromatic N) is 4. The maximum atomic E-state index is 4.53. The highest BCUT2D eigenvalue weighted by atomic mass is 15.2. The lowest BCUT2D eigenvalue weighted by Gasteiger charge is -2.04. The zero-order valence-electron chi connectivity index (χ0n) is 11.0. The highest BCUT2D eigenvalue weighted by Gasteiger charge is 2.09. The van der Waals surface area contributed by atoms with E-state index in [4.69, 9.17) is 0 Å². The SMILES string of the molecule is CC(C)c1cc2c(NCc3ncc[nH]3)nccn2n1. The fraction of sp³-hybridized carbons (Fsp3) is 0.308. The number of aromatic nitrogens is 5. The summed E-state index contributed by atoms with van der Waals surface area (Å²) in [7, 11) is 0. The average molecular weight is 256 g/mol. The highest BCUT2D eigenvalue weighted by molar-refractivity contribution is 5.67. The average Bonchev–Trinajstić information content (AvgIpc) is 3.05. The predicted octanol–water partition coefficient (Wildman–Crippen LogP) is 2.19. The minimum Gasteiger partial charge on any atom is -0.361 e. The molecule has 3 rings (SSSR count). The standard InChI is InChI=1S/C13H16N6/c1-9(2)10-7-11-13(16-5-6-19(11)18-10)17-8-12-14-3-4-15-12/h3-7,9H,8H2,1-2H3,(H,14,15)(H,16,17). The van der Waals surface area contributed by atoms with Gasteiger partial charge < -0.3 is 10.3 Å². The highest BCUT2D eigenvalue weighted by Crippen LogP contribution is 2.19. The van der Waals surface area contributed by atoms with Crippen molar-refractivity contribution in [1.82, 2.24) is 24.6 Å². The Balaban J connectivity index is 1.90. The van der Waals surface area contributed by atoms with Crippen LogP contribution in [0.2, 0.25) is 0 Å². The summed E-state index contributed by atoms with van der Waals surface area (Å²) in [6.45, 7) is 4.87. The first-order valence-corrected chi connectivity index (χ1v) is 6.30. The smallest absolute Gasteiger partial charge is 0.152 e. The van der Waals surface area contributed by atoms with Gasteiger partial charge in [-0.05, 0) is 12.0 Å². The molecule has 0 aliphatic rings. The van der Waals surface area contributed by atoms with Crippen LogP contribution in [-0.4, -0.2) is 24.6 Å². The molecule has 0 aliphatic heterocycles. The van der Waals surface area contributed by atoms with Crippen LogP contribution < -0.4 is 5.32 Å². The van der Waals surface area contributed by atoms with E-state index in [0.29, 0.717) is 12.5 Å². The van der Waals surface area contributed by atoms with Gasteiger partial charge in [0.1, 0.15) is 11.3 Å². The van der Waals surface area contributed by atoms with Crippen LogP contribution >= 0.6 is 0 Å². The molecule has 0 saturated carbocycles. The minimum absolute atomic E-state index is 0.401. The van der Waals surface area contributed by atoms with Crippen molar-refractivity contribution in [2.45, 2.75) is 26.3 Å². The Morgan fingerprint density at radius 3 is 2.95 bits per heavy atom. The number of hydrogen-bond donors (Lipinski definition) is 2. The van der Waals surface area contributed by atoms with E-state index in [-0.39, 0.29) is 0 Å². The summed E-state index contributed by atoms with van der Waals surface area (Å²) in [5, 5.41) is 7.81. The summed E-state index contributed by atoms with van der Waals surface area (Å²) in [5.41, 5.74) is 2.05. The van der Waals surface area contributed by atoms with Gasteiger partial charge in [-0.3, -0.25) is 0 Å². The zero-order valence-corrected chi connectivity index (χ0v) is 11.0. The van der Waals surface area contributed by atoms with E-state index in [1.807, 2.05) is 10.7 Å². The summed E-state index contributed by atoms with van der Waals surface area (Å²) in [6, 6.07) is 2.07. The van der Waals surface area contributed by atoms with E-state index >= 15 is 0 Å². The lowest BCUT2D eigenvalue weighted by molar-refractivity contribution is 0.786. The molecular formula is C13H16N6. The van der Waals surface area contributed by atoms with Crippen molar-refractivity contribution in [1.29, 1.82) is 0 Å². The van der Waals surface area contributed by atoms with Gasteiger partial charge in [0.15, 0.2) is 5.82 Å². The zero-order chi connectivity index (χ0) is 13.2. The van der Waals surface area contributed by atoms with Gasteiger partial charge >= 0.3 is 0 Å². The van der Waals surface area contributed by atoms with Gasteiger partial charge in [-0.15, -0.1) is 0 Å². The number of imidazole rings is 1. The van der Waals surface area contributed by atoms with E-state index in [9.17, 15) is 0 Å². The largest absolute Gasteiger partial charge is 0.361 e. The van der Waals surface area contributed by atoms with E-state index < -0.39 is 0 Å². The maximum Gasteiger partial charge on any atom is 0.152 e. The topological polar surface area (TPSA) is 70.9 Å². The fourth-order valence-corrected chi connectivity index (χ4v) is 1.92. The lowest BCUT2D eigenvalue weighted by atomic mass is 10.1. The van der Waals surface area contributed by atoms with Crippen LogP contribution in [0, 0.1) is 0 Å². The molecule has 3 heterocycles. The van der Waals surface area contributed by atoms with Gasteiger partial charge in [0.05, 0.1) is 12.2 Å². The Kier molecular flexibility index (Phi) is 2.91. The molecule has 0 aromatic carbocycles. The van der Waals surface area contributed by atoms with Crippen molar-refractivity contribution in [2.75, 3.05) is 5.32 Å². The number of anilines is 1. The summed E-state index contributed by atoms with van der Waals surface area (Å²) < 4.78 is 1.85. The van der Waals surface area contributed by atoms with Gasteiger partial charge in [0.2, 0.25) is 0 Å². The quantitative estimate of drug-likeness (QED) is 0.750. The number of hydrogen-bond acceptors (Lipinski definition) is 4. The fourth-order valence-electron chi connectivity index (χ4n) is 1.92. The van der Waals surface area contributed by atoms with Crippen molar-refractivity contribution < 1.29 is 0 Å². The summed E-state index contributed by atoms with van der Waals surface area (Å²) in [4.78, 5) is 11.6. The summed E-state index contributed by atoms with van der Waals surface area (Å²) >= 11 is 0. The molecule has 0 atom stereocenters. The van der Waals surface area contributed by atoms with Crippen molar-refractivity contribution in [2.24, 2.45) is 0 Å². The monoisotopic (exact) mass is 256 g/mol. The summed E-state index contributed by atoms with van der Waals surface area (Å²) in [5.74, 6) is 2.10. The molecule has 0 unspecified atom stereocenters. The first kappa shape index (κ1) is 11.7. The van der Waals surface area contributed by atoms with Gasteiger partial charge in [0, 0.05) is 24.8 Å². The number of rotatable bonds is 4. The third-order valence-electron chi connectivity index (χ3n) is 2.98. The molecule has 2 N–H and O–H groups in total. The van der Waals surface area contributed by atoms with Crippen molar-refractivity contribution in [3.8, 4) is 0 Å². The van der Waals surface area contributed by atoms with Crippen LogP contribution in [0.3, 0.4) is 0 Å². The number of aromatic amines is 1. The molecule has 19 heavy (non-hydrogen) atoms. The van der Waals surface area contributed by atoms with Gasteiger partial charge in [-0.25, -0.2) is 14.5 Å². The molecule has 0 fully saturated rings. The van der Waals surface area contributed by atoms with Gasteiger partial charge in [-0.2, -0.15) is 5.10 Å². The Morgan fingerprint density at radius 2 is 2.21 bits per heavy atom. The summed E-state index contributed by atoms with van der Waals surface area (Å²) in [6.07, 6.45) is 7.15. The predicted molar refractivity (Wildman–Crippen MR) is 73.0 cm³/mol. The number of fused-ring (bicyclic) bond motifs is 1. The first-order chi connectivity index (χ1) is 9.24. The molecule has 6 nitrogen and oxygen atoms in total. The van der Waals surface area contributed by atoms with Crippen molar-refractivity contribution >= 4 is 11.3 Å². The molecule has 0 saturated heterocycles. The molecule has 0 aliphatic carbocycles. The first-order valence-electron chi connectivity index (χ1n) is 6.30. The maximum absolute atomic E-state index is 4.53. The van der Waals surface area contributed by atoms with E-state index in [0.717, 1.165) is 22.9 Å². The minimum atomic E-state index is 0.401. The second kappa shape index (κ2) is 4.72. The number of H-pyrrole nitrogens is 1. The molecule has 98 valence electrons. The Labute approximate surface area is 110 Å². The van der Waals surface area contributed by atoms with E-state index in [1.165, 1.54) is 0 Å². The van der Waals surface area contributed by atoms with Gasteiger partial charge in [0.25, 0.3) is 0 Å². The van der Waals surface area contributed by atoms with Crippen LogP contribution in [0.5, 0.6) is 0 Å². The molecule has 0 radical (unpaired) electrons. The van der Waals surface area contributed by atoms with Crippen LogP contribution in [0.4, 0.5) is 5.82 Å². The van der Waals surface area contributed by atoms with Crippen molar-refractivity contribution in [3.63, 3.8) is 0 Å². The third-order valence-corrected chi connectivity index (χ3v) is 2.98. The van der Waals surface area contributed by atoms with Crippen molar-refractivity contribution in [3.05, 3.63) is 42.4 Å². The Hall–Kier alpha value is -2.37. The molecule has 0 amide bonds. The molecule has 0 spiro atoms. The molecule has 3 aromatic rings. The molecule has 6 heteroatoms. The molecule has 0 bridgehead atoms. The van der Waals surface area contributed by atoms with E-state index in [1.54, 1.807) is 18.6 Å². The van der Waals surface area contributed by atoms with Crippen LogP contribution in [0.1, 0.15) is 31.3 Å². The van der Waals surface area contributed by atoms with Gasteiger partial charge in [-0.1, -0.05) is 13.8 Å². The van der Waals surface area contributed by atoms with Crippen LogP contribution in [-0.2, 0) is 6.54 Å². The van der Waals surface area contributed by atoms with E-state index in [2.05, 4.69) is 45.3 Å². The van der Waals surface area contributed by atoms with Crippen LogP contribution in [0.25, 0.3) is 5.52 Å². The normalized spacial score (nSPS) is 11.3. The number of nitrogens with one attached hydrogen (secondary N) is 2. The molecular weight excluding hydrogens is 240 g/mol. The lowest BCUT2D eigenvalue weighted by Crippen LogP contribution is -2.04. The van der Waals surface area contributed by atoms with Crippen LogP contribution in [0.15, 0.2) is 30.9 Å². The second-order valence-corrected chi connectivity index (χ2v) is 4.72. The third kappa shape index (κ3) is 2.29. The second-order valence-electron chi connectivity index (χ2n) is 4.72. The Morgan fingerprint density at radius 1 is 1.32 bits per heavy atom.